The second-order valence-electron chi connectivity index (χ2n) is 4.08. The van der Waals surface area contributed by atoms with Crippen LogP contribution in [0.3, 0.4) is 0 Å². The molecule has 0 fully saturated rings. The van der Waals surface area contributed by atoms with E-state index in [9.17, 15) is 0 Å². The zero-order valence-corrected chi connectivity index (χ0v) is 9.02. The van der Waals surface area contributed by atoms with Gasteiger partial charge in [-0.1, -0.05) is 34.6 Å². The predicted molar refractivity (Wildman–Crippen MR) is 55.7 cm³/mol. The Morgan fingerprint density at radius 2 is 1.67 bits per heavy atom. The van der Waals surface area contributed by atoms with Gasteiger partial charge in [-0.3, -0.25) is 4.99 Å². The Labute approximate surface area is 76.5 Å². The van der Waals surface area contributed by atoms with E-state index < -0.39 is 0 Å². The predicted octanol–water partition coefficient (Wildman–Crippen LogP) is 2.31. The fourth-order valence-corrected chi connectivity index (χ4v) is 0.803. The molecule has 0 bridgehead atoms. The van der Waals surface area contributed by atoms with E-state index in [1.165, 1.54) is 5.84 Å². The lowest BCUT2D eigenvalue weighted by molar-refractivity contribution is 0.737. The molecular weight excluding hydrogens is 148 g/mol. The van der Waals surface area contributed by atoms with E-state index in [-0.39, 0.29) is 0 Å². The van der Waals surface area contributed by atoms with Crippen LogP contribution < -0.4 is 5.32 Å². The molecule has 0 aromatic rings. The third-order valence-electron chi connectivity index (χ3n) is 1.25. The first-order chi connectivity index (χ1) is 5.54. The molecule has 0 aromatic heterocycles. The molecule has 0 atom stereocenters. The van der Waals surface area contributed by atoms with Gasteiger partial charge in [0.25, 0.3) is 0 Å². The first-order valence-electron chi connectivity index (χ1n) is 4.82. The Morgan fingerprint density at radius 1 is 1.17 bits per heavy atom. The summed E-state index contributed by atoms with van der Waals surface area (Å²) < 4.78 is 0. The van der Waals surface area contributed by atoms with Gasteiger partial charge < -0.3 is 5.32 Å². The van der Waals surface area contributed by atoms with Crippen LogP contribution in [0.2, 0.25) is 0 Å². The summed E-state index contributed by atoms with van der Waals surface area (Å²) in [7, 11) is 0. The van der Waals surface area contributed by atoms with Gasteiger partial charge in [-0.15, -0.1) is 0 Å². The number of nitrogens with zero attached hydrogens (tertiary/aromatic N) is 1. The molecule has 0 aliphatic carbocycles. The molecule has 0 saturated heterocycles. The maximum Gasteiger partial charge on any atom is 0.0990 e. The van der Waals surface area contributed by atoms with E-state index in [0.717, 1.165) is 19.0 Å². The number of rotatable bonds is 1. The highest BCUT2D eigenvalue weighted by Gasteiger charge is 2.06. The Bertz CT molecular complexity index is 134. The highest BCUT2D eigenvalue weighted by atomic mass is 15.1. The van der Waals surface area contributed by atoms with Crippen LogP contribution in [0.4, 0.5) is 0 Å². The van der Waals surface area contributed by atoms with E-state index in [0.29, 0.717) is 5.92 Å². The Kier molecular flexibility index (Phi) is 5.77. The summed E-state index contributed by atoms with van der Waals surface area (Å²) in [5.41, 5.74) is 0. The van der Waals surface area contributed by atoms with Crippen molar-refractivity contribution < 1.29 is 0 Å². The first-order valence-corrected chi connectivity index (χ1v) is 4.82. The molecule has 0 unspecified atom stereocenters. The lowest BCUT2D eigenvalue weighted by Crippen LogP contribution is -2.23. The van der Waals surface area contributed by atoms with Crippen molar-refractivity contribution in [2.45, 2.75) is 34.6 Å². The lowest BCUT2D eigenvalue weighted by atomic mass is 10.2. The van der Waals surface area contributed by atoms with Crippen LogP contribution in [0.1, 0.15) is 34.6 Å². The zero-order chi connectivity index (χ0) is 9.56. The third-order valence-corrected chi connectivity index (χ3v) is 1.25. The maximum atomic E-state index is 4.24. The SMILES string of the molecule is CC(C)C.CC(C)C1=NCCN1. The average Bonchev–Trinajstić information content (AvgIpc) is 2.34. The van der Waals surface area contributed by atoms with Crippen LogP contribution in [-0.2, 0) is 0 Å². The highest BCUT2D eigenvalue weighted by molar-refractivity contribution is 5.85. The van der Waals surface area contributed by atoms with Crippen LogP contribution in [0.15, 0.2) is 4.99 Å². The average molecular weight is 170 g/mol. The van der Waals surface area contributed by atoms with Gasteiger partial charge in [0.2, 0.25) is 0 Å². The van der Waals surface area contributed by atoms with Gasteiger partial charge in [-0.2, -0.15) is 0 Å². The van der Waals surface area contributed by atoms with Crippen LogP contribution in [0, 0.1) is 11.8 Å². The van der Waals surface area contributed by atoms with Crippen molar-refractivity contribution in [1.82, 2.24) is 5.32 Å². The Balaban J connectivity index is 0.000000261. The minimum Gasteiger partial charge on any atom is -0.372 e. The first kappa shape index (κ1) is 11.5. The fourth-order valence-electron chi connectivity index (χ4n) is 0.803. The second kappa shape index (κ2) is 6.04. The Morgan fingerprint density at radius 3 is 1.83 bits per heavy atom. The molecule has 1 aliphatic heterocycles. The monoisotopic (exact) mass is 170 g/mol. The number of hydrogen-bond acceptors (Lipinski definition) is 2. The van der Waals surface area contributed by atoms with Gasteiger partial charge in [0.15, 0.2) is 0 Å². The molecule has 2 nitrogen and oxygen atoms in total. The summed E-state index contributed by atoms with van der Waals surface area (Å²) in [6.07, 6.45) is 0. The van der Waals surface area contributed by atoms with Crippen LogP contribution >= 0.6 is 0 Å². The molecule has 12 heavy (non-hydrogen) atoms. The summed E-state index contributed by atoms with van der Waals surface area (Å²) in [6.45, 7) is 12.8. The largest absolute Gasteiger partial charge is 0.372 e. The molecule has 0 spiro atoms. The standard InChI is InChI=1S/C6H12N2.C4H10/c1-5(2)6-7-3-4-8-6;1-4(2)3/h5H,3-4H2,1-2H3,(H,7,8);4H,1-3H3. The topological polar surface area (TPSA) is 24.4 Å². The van der Waals surface area contributed by atoms with Crippen molar-refractivity contribution in [3.05, 3.63) is 0 Å². The maximum absolute atomic E-state index is 4.24. The van der Waals surface area contributed by atoms with Crippen molar-refractivity contribution in [3.8, 4) is 0 Å². The second-order valence-corrected chi connectivity index (χ2v) is 4.08. The molecule has 2 heteroatoms. The number of aliphatic imine (C=N–C) groups is 1. The van der Waals surface area contributed by atoms with Crippen LogP contribution in [0.25, 0.3) is 0 Å². The van der Waals surface area contributed by atoms with E-state index >= 15 is 0 Å². The summed E-state index contributed by atoms with van der Waals surface area (Å²) in [5, 5.41) is 3.21. The minimum atomic E-state index is 0.581. The molecule has 0 radical (unpaired) electrons. The van der Waals surface area contributed by atoms with Crippen molar-refractivity contribution in [3.63, 3.8) is 0 Å². The van der Waals surface area contributed by atoms with Gasteiger partial charge in [0.1, 0.15) is 0 Å². The van der Waals surface area contributed by atoms with Crippen LogP contribution in [-0.4, -0.2) is 18.9 Å². The van der Waals surface area contributed by atoms with Crippen molar-refractivity contribution in [2.24, 2.45) is 16.8 Å². The van der Waals surface area contributed by atoms with Gasteiger partial charge in [-0.05, 0) is 5.92 Å². The molecule has 1 heterocycles. The van der Waals surface area contributed by atoms with E-state index in [2.05, 4.69) is 44.9 Å². The van der Waals surface area contributed by atoms with Gasteiger partial charge in [0, 0.05) is 12.5 Å². The van der Waals surface area contributed by atoms with Crippen LogP contribution in [0.5, 0.6) is 0 Å². The molecular formula is C10H22N2. The normalized spacial score (nSPS) is 15.4. The lowest BCUT2D eigenvalue weighted by Gasteiger charge is -2.02. The summed E-state index contributed by atoms with van der Waals surface area (Å²) in [5.74, 6) is 2.59. The number of nitrogens with one attached hydrogen (secondary N) is 1. The number of hydrogen-bond donors (Lipinski definition) is 1. The Hall–Kier alpha value is -0.530. The van der Waals surface area contributed by atoms with E-state index in [1.54, 1.807) is 0 Å². The minimum absolute atomic E-state index is 0.581. The third kappa shape index (κ3) is 6.20. The molecule has 1 aliphatic rings. The van der Waals surface area contributed by atoms with Gasteiger partial charge >= 0.3 is 0 Å². The number of amidine groups is 1. The smallest absolute Gasteiger partial charge is 0.0990 e. The molecule has 0 saturated carbocycles. The molecule has 1 rings (SSSR count). The quantitative estimate of drug-likeness (QED) is 0.641. The van der Waals surface area contributed by atoms with E-state index in [1.807, 2.05) is 0 Å². The molecule has 0 amide bonds. The highest BCUT2D eigenvalue weighted by Crippen LogP contribution is 1.97. The van der Waals surface area contributed by atoms with Crippen molar-refractivity contribution >= 4 is 5.84 Å². The molecule has 1 N–H and O–H groups in total. The van der Waals surface area contributed by atoms with Gasteiger partial charge in [0.05, 0.1) is 12.4 Å². The zero-order valence-electron chi connectivity index (χ0n) is 9.02. The molecule has 0 aromatic carbocycles. The molecule has 72 valence electrons. The van der Waals surface area contributed by atoms with Gasteiger partial charge in [-0.25, -0.2) is 0 Å². The summed E-state index contributed by atoms with van der Waals surface area (Å²) in [6, 6.07) is 0. The fraction of sp³-hybridized carbons (Fsp3) is 0.900. The van der Waals surface area contributed by atoms with Crippen molar-refractivity contribution in [1.29, 1.82) is 0 Å². The van der Waals surface area contributed by atoms with Crippen molar-refractivity contribution in [2.75, 3.05) is 13.1 Å². The van der Waals surface area contributed by atoms with E-state index in [4.69, 9.17) is 0 Å². The summed E-state index contributed by atoms with van der Waals surface area (Å²) in [4.78, 5) is 4.24. The summed E-state index contributed by atoms with van der Waals surface area (Å²) >= 11 is 0.